The summed E-state index contributed by atoms with van der Waals surface area (Å²) in [6.07, 6.45) is 3.58. The first-order valence-electron chi connectivity index (χ1n) is 5.74. The Labute approximate surface area is 97.2 Å². The summed E-state index contributed by atoms with van der Waals surface area (Å²) in [5, 5.41) is 3.33. The molecule has 1 aromatic heterocycles. The van der Waals surface area contributed by atoms with Crippen LogP contribution in [0.15, 0.2) is 12.1 Å². The quantitative estimate of drug-likeness (QED) is 0.778. The van der Waals surface area contributed by atoms with Crippen molar-refractivity contribution >= 4 is 11.5 Å². The van der Waals surface area contributed by atoms with Crippen molar-refractivity contribution in [3.05, 3.63) is 12.1 Å². The van der Waals surface area contributed by atoms with E-state index in [0.717, 1.165) is 12.2 Å². The normalized spacial score (nSPS) is 12.2. The van der Waals surface area contributed by atoms with Crippen LogP contribution < -0.4 is 15.8 Å². The first-order valence-corrected chi connectivity index (χ1v) is 5.74. The van der Waals surface area contributed by atoms with Crippen LogP contribution >= 0.6 is 0 Å². The summed E-state index contributed by atoms with van der Waals surface area (Å²) in [6, 6.07) is 4.10. The summed E-state index contributed by atoms with van der Waals surface area (Å²) >= 11 is 0. The third-order valence-electron chi connectivity index (χ3n) is 2.47. The molecule has 0 saturated carbocycles. The van der Waals surface area contributed by atoms with Crippen LogP contribution in [0.2, 0.25) is 0 Å². The molecule has 0 aromatic carbocycles. The molecule has 1 heterocycles. The van der Waals surface area contributed by atoms with Crippen molar-refractivity contribution in [2.24, 2.45) is 0 Å². The number of pyridine rings is 1. The molecule has 4 nitrogen and oxygen atoms in total. The van der Waals surface area contributed by atoms with Crippen molar-refractivity contribution < 1.29 is 4.74 Å². The van der Waals surface area contributed by atoms with E-state index in [4.69, 9.17) is 10.5 Å². The van der Waals surface area contributed by atoms with Gasteiger partial charge in [-0.2, -0.15) is 4.98 Å². The van der Waals surface area contributed by atoms with Gasteiger partial charge in [0.2, 0.25) is 5.88 Å². The Morgan fingerprint density at radius 2 is 2.25 bits per heavy atom. The van der Waals surface area contributed by atoms with Crippen molar-refractivity contribution in [1.82, 2.24) is 4.98 Å². The second kappa shape index (κ2) is 6.20. The van der Waals surface area contributed by atoms with Gasteiger partial charge in [0, 0.05) is 6.04 Å². The molecule has 0 spiro atoms. The highest BCUT2D eigenvalue weighted by molar-refractivity contribution is 5.53. The fourth-order valence-electron chi connectivity index (χ4n) is 1.53. The lowest BCUT2D eigenvalue weighted by Crippen LogP contribution is -2.16. The monoisotopic (exact) mass is 223 g/mol. The summed E-state index contributed by atoms with van der Waals surface area (Å²) in [7, 11) is 1.57. The van der Waals surface area contributed by atoms with Crippen molar-refractivity contribution in [2.45, 2.75) is 39.2 Å². The Morgan fingerprint density at radius 3 is 2.88 bits per heavy atom. The molecule has 1 rings (SSSR count). The van der Waals surface area contributed by atoms with Gasteiger partial charge in [-0.1, -0.05) is 19.8 Å². The highest BCUT2D eigenvalue weighted by Crippen LogP contribution is 2.20. The minimum absolute atomic E-state index is 0.417. The molecular formula is C12H21N3O. The van der Waals surface area contributed by atoms with E-state index in [9.17, 15) is 0 Å². The summed E-state index contributed by atoms with van der Waals surface area (Å²) in [4.78, 5) is 4.28. The van der Waals surface area contributed by atoms with E-state index in [1.165, 1.54) is 12.8 Å². The molecule has 0 radical (unpaired) electrons. The zero-order valence-corrected chi connectivity index (χ0v) is 10.3. The van der Waals surface area contributed by atoms with Gasteiger partial charge in [-0.05, 0) is 25.5 Å². The van der Waals surface area contributed by atoms with Gasteiger partial charge in [0.25, 0.3) is 0 Å². The van der Waals surface area contributed by atoms with Crippen molar-refractivity contribution in [2.75, 3.05) is 18.2 Å². The number of ether oxygens (including phenoxy) is 1. The van der Waals surface area contributed by atoms with Crippen molar-refractivity contribution in [3.63, 3.8) is 0 Å². The number of nitrogen functional groups attached to an aromatic ring is 1. The van der Waals surface area contributed by atoms with Gasteiger partial charge in [-0.15, -0.1) is 0 Å². The predicted octanol–water partition coefficient (Wildman–Crippen LogP) is 2.66. The van der Waals surface area contributed by atoms with Gasteiger partial charge in [0.05, 0.1) is 12.8 Å². The number of anilines is 2. The maximum Gasteiger partial charge on any atom is 0.238 e. The topological polar surface area (TPSA) is 60.2 Å². The van der Waals surface area contributed by atoms with Gasteiger partial charge in [0.15, 0.2) is 0 Å². The van der Waals surface area contributed by atoms with Gasteiger partial charge < -0.3 is 15.8 Å². The highest BCUT2D eigenvalue weighted by Gasteiger charge is 2.05. The SMILES string of the molecule is CCCCC(C)Nc1ccc(N)c(OC)n1. The molecule has 0 fully saturated rings. The van der Waals surface area contributed by atoms with E-state index in [2.05, 4.69) is 24.1 Å². The zero-order valence-electron chi connectivity index (χ0n) is 10.3. The van der Waals surface area contributed by atoms with Crippen LogP contribution in [-0.4, -0.2) is 18.1 Å². The average molecular weight is 223 g/mol. The minimum atomic E-state index is 0.417. The lowest BCUT2D eigenvalue weighted by Gasteiger charge is -2.14. The number of rotatable bonds is 6. The second-order valence-electron chi connectivity index (χ2n) is 3.98. The lowest BCUT2D eigenvalue weighted by atomic mass is 10.1. The molecule has 1 unspecified atom stereocenters. The zero-order chi connectivity index (χ0) is 12.0. The number of unbranched alkanes of at least 4 members (excludes halogenated alkanes) is 1. The molecule has 1 aromatic rings. The molecule has 1 atom stereocenters. The number of aromatic nitrogens is 1. The van der Waals surface area contributed by atoms with E-state index >= 15 is 0 Å². The third-order valence-corrected chi connectivity index (χ3v) is 2.47. The van der Waals surface area contributed by atoms with E-state index in [1.807, 2.05) is 6.07 Å². The average Bonchev–Trinajstić information content (AvgIpc) is 2.29. The van der Waals surface area contributed by atoms with Gasteiger partial charge in [-0.25, -0.2) is 0 Å². The van der Waals surface area contributed by atoms with Crippen LogP contribution in [0.4, 0.5) is 11.5 Å². The fourth-order valence-corrected chi connectivity index (χ4v) is 1.53. The molecule has 0 amide bonds. The summed E-state index contributed by atoms with van der Waals surface area (Å²) in [6.45, 7) is 4.34. The van der Waals surface area contributed by atoms with Crippen molar-refractivity contribution in [3.8, 4) is 5.88 Å². The molecule has 0 aliphatic heterocycles. The standard InChI is InChI=1S/C12H21N3O/c1-4-5-6-9(2)14-11-8-7-10(13)12(15-11)16-3/h7-9H,4-6,13H2,1-3H3,(H,14,15). The van der Waals surface area contributed by atoms with Crippen LogP contribution in [0.3, 0.4) is 0 Å². The van der Waals surface area contributed by atoms with E-state index in [0.29, 0.717) is 17.6 Å². The Bertz CT molecular complexity index is 328. The number of hydrogen-bond donors (Lipinski definition) is 2. The lowest BCUT2D eigenvalue weighted by molar-refractivity contribution is 0.400. The van der Waals surface area contributed by atoms with Crippen LogP contribution in [0.1, 0.15) is 33.1 Å². The number of nitrogens with one attached hydrogen (secondary N) is 1. The van der Waals surface area contributed by atoms with Crippen LogP contribution in [0.25, 0.3) is 0 Å². The number of nitrogens with two attached hydrogens (primary N) is 1. The fraction of sp³-hybridized carbons (Fsp3) is 0.583. The van der Waals surface area contributed by atoms with Gasteiger partial charge in [-0.3, -0.25) is 0 Å². The van der Waals surface area contributed by atoms with Crippen LogP contribution in [-0.2, 0) is 0 Å². The number of hydrogen-bond acceptors (Lipinski definition) is 4. The smallest absolute Gasteiger partial charge is 0.238 e. The minimum Gasteiger partial charge on any atom is -0.479 e. The van der Waals surface area contributed by atoms with Gasteiger partial charge >= 0.3 is 0 Å². The summed E-state index contributed by atoms with van der Waals surface area (Å²) in [5.74, 6) is 1.29. The maximum atomic E-state index is 5.70. The molecule has 0 saturated heterocycles. The Kier molecular flexibility index (Phi) is 4.89. The second-order valence-corrected chi connectivity index (χ2v) is 3.98. The van der Waals surface area contributed by atoms with Crippen LogP contribution in [0.5, 0.6) is 5.88 Å². The Morgan fingerprint density at radius 1 is 1.50 bits per heavy atom. The molecule has 4 heteroatoms. The molecule has 3 N–H and O–H groups in total. The Hall–Kier alpha value is -1.45. The van der Waals surface area contributed by atoms with Crippen molar-refractivity contribution in [1.29, 1.82) is 0 Å². The molecule has 0 aliphatic rings. The molecule has 0 aliphatic carbocycles. The molecular weight excluding hydrogens is 202 g/mol. The number of methoxy groups -OCH3 is 1. The maximum absolute atomic E-state index is 5.70. The van der Waals surface area contributed by atoms with Gasteiger partial charge in [0.1, 0.15) is 5.82 Å². The number of nitrogens with zero attached hydrogens (tertiary/aromatic N) is 1. The Balaban J connectivity index is 2.59. The van der Waals surface area contributed by atoms with E-state index in [1.54, 1.807) is 13.2 Å². The summed E-state index contributed by atoms with van der Waals surface area (Å²) in [5.41, 5.74) is 6.26. The molecule has 0 bridgehead atoms. The first-order chi connectivity index (χ1) is 7.67. The predicted molar refractivity (Wildman–Crippen MR) is 67.8 cm³/mol. The molecule has 16 heavy (non-hydrogen) atoms. The highest BCUT2D eigenvalue weighted by atomic mass is 16.5. The first kappa shape index (κ1) is 12.6. The van der Waals surface area contributed by atoms with E-state index < -0.39 is 0 Å². The van der Waals surface area contributed by atoms with E-state index in [-0.39, 0.29) is 0 Å². The summed E-state index contributed by atoms with van der Waals surface area (Å²) < 4.78 is 5.07. The largest absolute Gasteiger partial charge is 0.479 e. The molecule has 90 valence electrons. The van der Waals surface area contributed by atoms with Crippen LogP contribution in [0, 0.1) is 0 Å². The third kappa shape index (κ3) is 3.61.